The van der Waals surface area contributed by atoms with E-state index in [1.165, 1.54) is 12.1 Å². The quantitative estimate of drug-likeness (QED) is 0.739. The molecule has 1 aliphatic rings. The van der Waals surface area contributed by atoms with Gasteiger partial charge in [0.25, 0.3) is 5.91 Å². The predicted molar refractivity (Wildman–Crippen MR) is 106 cm³/mol. The lowest BCUT2D eigenvalue weighted by Crippen LogP contribution is -2.38. The Labute approximate surface area is 163 Å². The van der Waals surface area contributed by atoms with Crippen LogP contribution in [0.15, 0.2) is 42.6 Å². The first-order valence-electron chi connectivity index (χ1n) is 9.63. The summed E-state index contributed by atoms with van der Waals surface area (Å²) < 4.78 is 20.5. The molecule has 1 aromatic carbocycles. The fourth-order valence-corrected chi connectivity index (χ4v) is 3.89. The molecule has 1 N–H and O–H groups in total. The number of aryl methyl sites for hydroxylation is 1. The first kappa shape index (κ1) is 18.6. The van der Waals surface area contributed by atoms with Crippen LogP contribution in [0.25, 0.3) is 16.9 Å². The molecule has 146 valence electrons. The Morgan fingerprint density at radius 3 is 2.57 bits per heavy atom. The Bertz CT molecular complexity index is 989. The zero-order valence-electron chi connectivity index (χ0n) is 16.1. The Balaban J connectivity index is 1.60. The van der Waals surface area contributed by atoms with E-state index in [9.17, 15) is 9.18 Å². The number of aromatic nitrogens is 2. The van der Waals surface area contributed by atoms with Crippen molar-refractivity contribution in [3.63, 3.8) is 0 Å². The lowest BCUT2D eigenvalue weighted by molar-refractivity contribution is 0.0599. The molecule has 6 heteroatoms. The number of carbonyl (C=O) groups is 1. The van der Waals surface area contributed by atoms with Crippen molar-refractivity contribution >= 4 is 11.6 Å². The molecule has 4 rings (SSSR count). The summed E-state index contributed by atoms with van der Waals surface area (Å²) in [6, 6.07) is 10.1. The largest absolute Gasteiger partial charge is 0.381 e. The molecule has 28 heavy (non-hydrogen) atoms. The maximum Gasteiger partial charge on any atom is 0.255 e. The number of nitrogens with zero attached hydrogens (tertiary/aromatic N) is 2. The normalized spacial score (nSPS) is 19.7. The fourth-order valence-electron chi connectivity index (χ4n) is 3.89. The van der Waals surface area contributed by atoms with Crippen LogP contribution in [-0.4, -0.2) is 34.5 Å². The zero-order chi connectivity index (χ0) is 19.7. The highest BCUT2D eigenvalue weighted by atomic mass is 19.1. The first-order chi connectivity index (χ1) is 13.5. The number of methoxy groups -OCH3 is 1. The van der Waals surface area contributed by atoms with Crippen LogP contribution in [-0.2, 0) is 4.74 Å². The van der Waals surface area contributed by atoms with Crippen molar-refractivity contribution in [2.75, 3.05) is 7.11 Å². The molecule has 1 amide bonds. The SMILES string of the molecule is CO[C@H]1CC[C@H](NC(=O)c2ccn3c(C)cc(-c4ccc(F)cc4)nc23)CC1. The molecule has 0 radical (unpaired) electrons. The second-order valence-electron chi connectivity index (χ2n) is 7.40. The van der Waals surface area contributed by atoms with Gasteiger partial charge in [-0.1, -0.05) is 0 Å². The standard InChI is InChI=1S/C22H24FN3O2/c1-14-13-20(15-3-5-16(23)6-4-15)25-21-19(11-12-26(14)21)22(27)24-17-7-9-18(28-2)10-8-17/h3-6,11-13,17-18H,7-10H2,1-2H3,(H,24,27)/t17-,18-. The third kappa shape index (κ3) is 3.64. The summed E-state index contributed by atoms with van der Waals surface area (Å²) in [6.07, 6.45) is 5.93. The van der Waals surface area contributed by atoms with Gasteiger partial charge in [0.2, 0.25) is 0 Å². The Kier molecular flexibility index (Phi) is 5.13. The van der Waals surface area contributed by atoms with E-state index in [0.29, 0.717) is 17.3 Å². The van der Waals surface area contributed by atoms with Crippen molar-refractivity contribution in [1.29, 1.82) is 0 Å². The predicted octanol–water partition coefficient (Wildman–Crippen LogP) is 4.14. The topological polar surface area (TPSA) is 55.6 Å². The van der Waals surface area contributed by atoms with Crippen LogP contribution in [0.2, 0.25) is 0 Å². The van der Waals surface area contributed by atoms with E-state index in [4.69, 9.17) is 9.72 Å². The van der Waals surface area contributed by atoms with Gasteiger partial charge in [0.1, 0.15) is 11.5 Å². The number of benzene rings is 1. The number of hydrogen-bond acceptors (Lipinski definition) is 3. The summed E-state index contributed by atoms with van der Waals surface area (Å²) >= 11 is 0. The highest BCUT2D eigenvalue weighted by Gasteiger charge is 2.24. The van der Waals surface area contributed by atoms with E-state index in [1.807, 2.05) is 23.6 Å². The van der Waals surface area contributed by atoms with E-state index in [1.54, 1.807) is 25.3 Å². The van der Waals surface area contributed by atoms with Gasteiger partial charge in [0.05, 0.1) is 17.4 Å². The van der Waals surface area contributed by atoms with Crippen molar-refractivity contribution < 1.29 is 13.9 Å². The average Bonchev–Trinajstić information content (AvgIpc) is 3.14. The monoisotopic (exact) mass is 381 g/mol. The van der Waals surface area contributed by atoms with Crippen LogP contribution < -0.4 is 5.32 Å². The number of carbonyl (C=O) groups excluding carboxylic acids is 1. The number of fused-ring (bicyclic) bond motifs is 1. The lowest BCUT2D eigenvalue weighted by Gasteiger charge is -2.28. The van der Waals surface area contributed by atoms with Crippen LogP contribution in [0.3, 0.4) is 0 Å². The third-order valence-electron chi connectivity index (χ3n) is 5.54. The number of ether oxygens (including phenoxy) is 1. The Morgan fingerprint density at radius 2 is 1.89 bits per heavy atom. The van der Waals surface area contributed by atoms with Crippen LogP contribution in [0, 0.1) is 12.7 Å². The maximum atomic E-state index is 13.2. The molecule has 0 atom stereocenters. The van der Waals surface area contributed by atoms with Crippen LogP contribution in [0.4, 0.5) is 4.39 Å². The first-order valence-corrected chi connectivity index (χ1v) is 9.63. The molecule has 1 aliphatic carbocycles. The molecule has 0 bridgehead atoms. The lowest BCUT2D eigenvalue weighted by atomic mass is 9.93. The number of hydrogen-bond donors (Lipinski definition) is 1. The van der Waals surface area contributed by atoms with Crippen molar-refractivity contribution in [2.24, 2.45) is 0 Å². The van der Waals surface area contributed by atoms with Crippen LogP contribution >= 0.6 is 0 Å². The summed E-state index contributed by atoms with van der Waals surface area (Å²) in [5, 5.41) is 3.15. The number of halogens is 1. The molecule has 0 aliphatic heterocycles. The summed E-state index contributed by atoms with van der Waals surface area (Å²) in [6.45, 7) is 1.97. The minimum Gasteiger partial charge on any atom is -0.381 e. The van der Waals surface area contributed by atoms with Gasteiger partial charge in [-0.15, -0.1) is 0 Å². The molecule has 1 fully saturated rings. The van der Waals surface area contributed by atoms with E-state index >= 15 is 0 Å². The van der Waals surface area contributed by atoms with Crippen LogP contribution in [0.5, 0.6) is 0 Å². The molecule has 5 nitrogen and oxygen atoms in total. The van der Waals surface area contributed by atoms with Crippen molar-refractivity contribution in [3.8, 4) is 11.3 Å². The van der Waals surface area contributed by atoms with Gasteiger partial charge in [-0.3, -0.25) is 4.79 Å². The second-order valence-corrected chi connectivity index (χ2v) is 7.40. The van der Waals surface area contributed by atoms with Gasteiger partial charge < -0.3 is 14.5 Å². The second kappa shape index (κ2) is 7.72. The van der Waals surface area contributed by atoms with Gasteiger partial charge in [0, 0.05) is 30.6 Å². The van der Waals surface area contributed by atoms with Gasteiger partial charge >= 0.3 is 0 Å². The highest BCUT2D eigenvalue weighted by molar-refractivity contribution is 6.00. The van der Waals surface area contributed by atoms with Crippen molar-refractivity contribution in [2.45, 2.75) is 44.8 Å². The number of rotatable bonds is 4. The van der Waals surface area contributed by atoms with E-state index in [2.05, 4.69) is 5.32 Å². The summed E-state index contributed by atoms with van der Waals surface area (Å²) in [4.78, 5) is 17.6. The Hall–Kier alpha value is -2.73. The average molecular weight is 381 g/mol. The van der Waals surface area contributed by atoms with Gasteiger partial charge in [-0.05, 0) is 69.0 Å². The van der Waals surface area contributed by atoms with Crippen molar-refractivity contribution in [1.82, 2.24) is 14.7 Å². The van der Waals surface area contributed by atoms with Gasteiger partial charge in [-0.25, -0.2) is 9.37 Å². The maximum absolute atomic E-state index is 13.2. The molecule has 0 saturated heterocycles. The smallest absolute Gasteiger partial charge is 0.255 e. The summed E-state index contributed by atoms with van der Waals surface area (Å²) in [5.41, 5.74) is 3.67. The van der Waals surface area contributed by atoms with Gasteiger partial charge in [-0.2, -0.15) is 0 Å². The molecule has 0 spiro atoms. The number of nitrogens with one attached hydrogen (secondary N) is 1. The number of amides is 1. The van der Waals surface area contributed by atoms with Crippen molar-refractivity contribution in [3.05, 3.63) is 59.7 Å². The summed E-state index contributed by atoms with van der Waals surface area (Å²) in [5.74, 6) is -0.390. The zero-order valence-corrected chi connectivity index (χ0v) is 16.1. The molecule has 1 saturated carbocycles. The molecular formula is C22H24FN3O2. The molecule has 2 aromatic heterocycles. The highest BCUT2D eigenvalue weighted by Crippen LogP contribution is 2.24. The molecule has 3 aromatic rings. The molecule has 2 heterocycles. The van der Waals surface area contributed by atoms with Gasteiger partial charge in [0.15, 0.2) is 0 Å². The minimum atomic E-state index is -0.285. The fraction of sp³-hybridized carbons (Fsp3) is 0.364. The molecule has 0 unspecified atom stereocenters. The van der Waals surface area contributed by atoms with E-state index in [0.717, 1.165) is 42.6 Å². The van der Waals surface area contributed by atoms with E-state index < -0.39 is 0 Å². The molecular weight excluding hydrogens is 357 g/mol. The van der Waals surface area contributed by atoms with Crippen LogP contribution in [0.1, 0.15) is 41.7 Å². The summed E-state index contributed by atoms with van der Waals surface area (Å²) in [7, 11) is 1.74. The third-order valence-corrected chi connectivity index (χ3v) is 5.54. The van der Waals surface area contributed by atoms with E-state index in [-0.39, 0.29) is 17.8 Å². The Morgan fingerprint density at radius 1 is 1.18 bits per heavy atom. The minimum absolute atomic E-state index is 0.105.